The number of hydrogen-bond acceptors (Lipinski definition) is 3. The van der Waals surface area contributed by atoms with E-state index in [1.54, 1.807) is 0 Å². The van der Waals surface area contributed by atoms with E-state index in [0.717, 1.165) is 6.07 Å². The molecule has 0 unspecified atom stereocenters. The molecule has 0 aliphatic heterocycles. The predicted octanol–water partition coefficient (Wildman–Crippen LogP) is 3.02. The molecule has 1 aromatic rings. The maximum absolute atomic E-state index is 12.1. The van der Waals surface area contributed by atoms with E-state index < -0.39 is 23.9 Å². The molecular weight excluding hydrogens is 265 g/mol. The third kappa shape index (κ3) is 5.41. The Balaban J connectivity index is 2.76. The summed E-state index contributed by atoms with van der Waals surface area (Å²) in [5.74, 6) is -2.22. The number of carbonyl (C=O) groups is 2. The first-order chi connectivity index (χ1) is 8.79. The van der Waals surface area contributed by atoms with Gasteiger partial charge in [0.2, 0.25) is 0 Å². The van der Waals surface area contributed by atoms with Crippen molar-refractivity contribution in [1.82, 2.24) is 0 Å². The Bertz CT molecular complexity index is 468. The lowest BCUT2D eigenvalue weighted by Crippen LogP contribution is -2.19. The van der Waals surface area contributed by atoms with Crippen LogP contribution in [0.15, 0.2) is 24.3 Å². The number of para-hydroxylation sites is 1. The van der Waals surface area contributed by atoms with Gasteiger partial charge in [0.25, 0.3) is 0 Å². The van der Waals surface area contributed by atoms with Crippen LogP contribution in [0, 0.1) is 0 Å². The van der Waals surface area contributed by atoms with Gasteiger partial charge in [-0.1, -0.05) is 12.1 Å². The molecular formula is C12H11F3O4. The molecule has 19 heavy (non-hydrogen) atoms. The number of ketones is 1. The second kappa shape index (κ2) is 6.21. The fraction of sp³-hybridized carbons (Fsp3) is 0.333. The number of ether oxygens (including phenoxy) is 1. The summed E-state index contributed by atoms with van der Waals surface area (Å²) < 4.78 is 40.1. The minimum atomic E-state index is -4.88. The molecule has 0 saturated heterocycles. The Hall–Kier alpha value is -2.05. The molecule has 0 fully saturated rings. The van der Waals surface area contributed by atoms with Crippen LogP contribution in [0.3, 0.4) is 0 Å². The number of carbonyl (C=O) groups excluding carboxylic acids is 1. The number of benzene rings is 1. The fourth-order valence-corrected chi connectivity index (χ4v) is 1.45. The zero-order valence-electron chi connectivity index (χ0n) is 9.74. The third-order valence-electron chi connectivity index (χ3n) is 2.21. The standard InChI is InChI=1S/C12H11F3O4/c13-12(14,15)19-10-6-2-1-4-8(10)9(16)5-3-7-11(17)18/h1-2,4,6H,3,5,7H2,(H,17,18). The molecule has 1 rings (SSSR count). The number of Topliss-reactive ketones (excluding diaryl/α,β-unsaturated/α-hetero) is 1. The highest BCUT2D eigenvalue weighted by molar-refractivity contribution is 5.98. The van der Waals surface area contributed by atoms with Gasteiger partial charge in [0.1, 0.15) is 5.75 Å². The van der Waals surface area contributed by atoms with Crippen molar-refractivity contribution in [3.63, 3.8) is 0 Å². The lowest BCUT2D eigenvalue weighted by Gasteiger charge is -2.12. The molecule has 0 atom stereocenters. The summed E-state index contributed by atoms with van der Waals surface area (Å²) in [5, 5.41) is 8.42. The van der Waals surface area contributed by atoms with Crippen LogP contribution in [0.25, 0.3) is 0 Å². The quantitative estimate of drug-likeness (QED) is 0.811. The number of carboxylic acid groups (broad SMARTS) is 1. The van der Waals surface area contributed by atoms with Crippen LogP contribution in [0.4, 0.5) is 13.2 Å². The molecule has 104 valence electrons. The Labute approximate surface area is 106 Å². The molecule has 0 bridgehead atoms. The number of carboxylic acids is 1. The zero-order valence-corrected chi connectivity index (χ0v) is 9.74. The Morgan fingerprint density at radius 3 is 2.37 bits per heavy atom. The third-order valence-corrected chi connectivity index (χ3v) is 2.21. The van der Waals surface area contributed by atoms with Crippen LogP contribution >= 0.6 is 0 Å². The SMILES string of the molecule is O=C(O)CCCC(=O)c1ccccc1OC(F)(F)F. The van der Waals surface area contributed by atoms with Crippen molar-refractivity contribution in [3.05, 3.63) is 29.8 Å². The summed E-state index contributed by atoms with van der Waals surface area (Å²) in [7, 11) is 0. The molecule has 0 radical (unpaired) electrons. The number of halogens is 3. The lowest BCUT2D eigenvalue weighted by molar-refractivity contribution is -0.274. The molecule has 1 aromatic carbocycles. The van der Waals surface area contributed by atoms with Crippen molar-refractivity contribution in [3.8, 4) is 5.75 Å². The fourth-order valence-electron chi connectivity index (χ4n) is 1.45. The molecule has 0 amide bonds. The lowest BCUT2D eigenvalue weighted by atomic mass is 10.0. The number of aliphatic carboxylic acids is 1. The van der Waals surface area contributed by atoms with Crippen molar-refractivity contribution >= 4 is 11.8 Å². The van der Waals surface area contributed by atoms with E-state index in [2.05, 4.69) is 4.74 Å². The van der Waals surface area contributed by atoms with Gasteiger partial charge in [0.15, 0.2) is 5.78 Å². The molecule has 0 saturated carbocycles. The Morgan fingerprint density at radius 1 is 1.16 bits per heavy atom. The van der Waals surface area contributed by atoms with Crippen LogP contribution in [-0.4, -0.2) is 23.2 Å². The second-order valence-electron chi connectivity index (χ2n) is 3.71. The summed E-state index contributed by atoms with van der Waals surface area (Å²) in [5.41, 5.74) is -0.204. The highest BCUT2D eigenvalue weighted by atomic mass is 19.4. The molecule has 1 N–H and O–H groups in total. The number of rotatable bonds is 6. The van der Waals surface area contributed by atoms with Gasteiger partial charge < -0.3 is 9.84 Å². The minimum absolute atomic E-state index is 0.0640. The molecule has 0 spiro atoms. The summed E-state index contributed by atoms with van der Waals surface area (Å²) in [6, 6.07) is 4.98. The van der Waals surface area contributed by atoms with Crippen molar-refractivity contribution in [1.29, 1.82) is 0 Å². The summed E-state index contributed by atoms with van der Waals surface area (Å²) in [4.78, 5) is 22.0. The normalized spacial score (nSPS) is 11.1. The van der Waals surface area contributed by atoms with E-state index in [9.17, 15) is 22.8 Å². The monoisotopic (exact) mass is 276 g/mol. The highest BCUT2D eigenvalue weighted by Gasteiger charge is 2.32. The van der Waals surface area contributed by atoms with E-state index in [-0.39, 0.29) is 24.8 Å². The highest BCUT2D eigenvalue weighted by Crippen LogP contribution is 2.27. The molecule has 7 heteroatoms. The molecule has 4 nitrogen and oxygen atoms in total. The first-order valence-corrected chi connectivity index (χ1v) is 5.39. The minimum Gasteiger partial charge on any atom is -0.481 e. The van der Waals surface area contributed by atoms with E-state index in [1.165, 1.54) is 18.2 Å². The zero-order chi connectivity index (χ0) is 14.5. The van der Waals surface area contributed by atoms with Gasteiger partial charge in [-0.05, 0) is 18.6 Å². The van der Waals surface area contributed by atoms with E-state index in [1.807, 2.05) is 0 Å². The van der Waals surface area contributed by atoms with Gasteiger partial charge in [-0.25, -0.2) is 0 Å². The van der Waals surface area contributed by atoms with Gasteiger partial charge in [-0.3, -0.25) is 9.59 Å². The largest absolute Gasteiger partial charge is 0.573 e. The van der Waals surface area contributed by atoms with Gasteiger partial charge >= 0.3 is 12.3 Å². The van der Waals surface area contributed by atoms with Crippen molar-refractivity contribution in [2.24, 2.45) is 0 Å². The van der Waals surface area contributed by atoms with E-state index >= 15 is 0 Å². The second-order valence-corrected chi connectivity index (χ2v) is 3.71. The number of alkyl halides is 3. The van der Waals surface area contributed by atoms with Crippen molar-refractivity contribution in [2.75, 3.05) is 0 Å². The van der Waals surface area contributed by atoms with Gasteiger partial charge in [0.05, 0.1) is 5.56 Å². The molecule has 0 aromatic heterocycles. The van der Waals surface area contributed by atoms with Gasteiger partial charge in [0, 0.05) is 12.8 Å². The Morgan fingerprint density at radius 2 is 1.79 bits per heavy atom. The van der Waals surface area contributed by atoms with Gasteiger partial charge in [-0.15, -0.1) is 13.2 Å². The summed E-state index contributed by atoms with van der Waals surface area (Å²) in [6.07, 6.45) is -5.18. The number of hydrogen-bond donors (Lipinski definition) is 1. The summed E-state index contributed by atoms with van der Waals surface area (Å²) in [6.45, 7) is 0. The van der Waals surface area contributed by atoms with E-state index in [4.69, 9.17) is 5.11 Å². The van der Waals surface area contributed by atoms with Crippen molar-refractivity contribution < 1.29 is 32.6 Å². The van der Waals surface area contributed by atoms with Crippen LogP contribution in [-0.2, 0) is 4.79 Å². The van der Waals surface area contributed by atoms with Crippen LogP contribution < -0.4 is 4.74 Å². The maximum Gasteiger partial charge on any atom is 0.573 e. The first-order valence-electron chi connectivity index (χ1n) is 5.39. The van der Waals surface area contributed by atoms with Crippen LogP contribution in [0.1, 0.15) is 29.6 Å². The average Bonchev–Trinajstić information content (AvgIpc) is 2.26. The predicted molar refractivity (Wildman–Crippen MR) is 58.9 cm³/mol. The average molecular weight is 276 g/mol. The van der Waals surface area contributed by atoms with Gasteiger partial charge in [-0.2, -0.15) is 0 Å². The topological polar surface area (TPSA) is 63.6 Å². The molecule has 0 heterocycles. The molecule has 0 aliphatic carbocycles. The van der Waals surface area contributed by atoms with Crippen molar-refractivity contribution in [2.45, 2.75) is 25.6 Å². The first kappa shape index (κ1) is 15.0. The Kier molecular flexibility index (Phi) is 4.91. The van der Waals surface area contributed by atoms with Crippen LogP contribution in [0.5, 0.6) is 5.75 Å². The smallest absolute Gasteiger partial charge is 0.481 e. The van der Waals surface area contributed by atoms with E-state index in [0.29, 0.717) is 0 Å². The maximum atomic E-state index is 12.1. The van der Waals surface area contributed by atoms with Crippen LogP contribution in [0.2, 0.25) is 0 Å². The summed E-state index contributed by atoms with van der Waals surface area (Å²) >= 11 is 0. The molecule has 0 aliphatic rings.